The molecule has 1 saturated heterocycles. The van der Waals surface area contributed by atoms with Gasteiger partial charge in [0.25, 0.3) is 5.91 Å². The van der Waals surface area contributed by atoms with Crippen molar-refractivity contribution < 1.29 is 14.4 Å². The molecule has 0 bridgehead atoms. The lowest BCUT2D eigenvalue weighted by molar-refractivity contribution is -0.170. The van der Waals surface area contributed by atoms with Crippen molar-refractivity contribution in [2.24, 2.45) is 10.8 Å². The van der Waals surface area contributed by atoms with Crippen molar-refractivity contribution in [3.05, 3.63) is 0 Å². The van der Waals surface area contributed by atoms with Gasteiger partial charge in [-0.05, 0) is 37.5 Å². The third kappa shape index (κ3) is 4.77. The van der Waals surface area contributed by atoms with Crippen molar-refractivity contribution in [1.29, 1.82) is 0 Å². The minimum absolute atomic E-state index is 0.0622. The summed E-state index contributed by atoms with van der Waals surface area (Å²) in [5, 5.41) is 4.56. The van der Waals surface area contributed by atoms with E-state index >= 15 is 0 Å². The summed E-state index contributed by atoms with van der Waals surface area (Å²) in [5.74, 6) is 0.116. The van der Waals surface area contributed by atoms with Gasteiger partial charge in [-0.25, -0.2) is 5.06 Å². The third-order valence-corrected chi connectivity index (χ3v) is 5.96. The van der Waals surface area contributed by atoms with Gasteiger partial charge >= 0.3 is 0 Å². The summed E-state index contributed by atoms with van der Waals surface area (Å²) in [4.78, 5) is 32.8. The maximum atomic E-state index is 13.3. The molecule has 1 saturated carbocycles. The molecule has 1 aliphatic carbocycles. The number of hydrogen-bond acceptors (Lipinski definition) is 4. The molecule has 6 nitrogen and oxygen atoms in total. The Morgan fingerprint density at radius 1 is 1.12 bits per heavy atom. The Morgan fingerprint density at radius 2 is 1.69 bits per heavy atom. The van der Waals surface area contributed by atoms with Crippen molar-refractivity contribution in [3.63, 3.8) is 0 Å². The van der Waals surface area contributed by atoms with Crippen LogP contribution < -0.4 is 5.32 Å². The third-order valence-electron chi connectivity index (χ3n) is 5.96. The van der Waals surface area contributed by atoms with Gasteiger partial charge in [0.2, 0.25) is 5.91 Å². The molecule has 1 aliphatic heterocycles. The van der Waals surface area contributed by atoms with Crippen molar-refractivity contribution in [1.82, 2.24) is 15.3 Å². The Kier molecular flexibility index (Phi) is 6.39. The van der Waals surface area contributed by atoms with E-state index in [-0.39, 0.29) is 29.9 Å². The zero-order valence-corrected chi connectivity index (χ0v) is 17.6. The average Bonchev–Trinajstić information content (AvgIpc) is 3.03. The smallest absolute Gasteiger partial charge is 0.263 e. The minimum Gasteiger partial charge on any atom is -0.335 e. The lowest BCUT2D eigenvalue weighted by atomic mass is 9.74. The van der Waals surface area contributed by atoms with Crippen LogP contribution in [0.25, 0.3) is 0 Å². The Labute approximate surface area is 158 Å². The van der Waals surface area contributed by atoms with E-state index < -0.39 is 5.41 Å². The molecule has 150 valence electrons. The number of likely N-dealkylation sites (N-methyl/N-ethyl adjacent to an activating group) is 1. The van der Waals surface area contributed by atoms with Crippen LogP contribution in [-0.2, 0) is 14.4 Å². The lowest BCUT2D eigenvalue weighted by Crippen LogP contribution is -2.53. The summed E-state index contributed by atoms with van der Waals surface area (Å²) >= 11 is 0. The molecule has 0 aromatic rings. The van der Waals surface area contributed by atoms with Crippen LogP contribution in [0.2, 0.25) is 0 Å². The zero-order valence-electron chi connectivity index (χ0n) is 17.6. The van der Waals surface area contributed by atoms with Crippen LogP contribution in [0.15, 0.2) is 0 Å². The quantitative estimate of drug-likeness (QED) is 0.776. The molecule has 2 fully saturated rings. The molecule has 2 aliphatic rings. The van der Waals surface area contributed by atoms with Gasteiger partial charge in [0.05, 0.1) is 13.2 Å². The van der Waals surface area contributed by atoms with E-state index in [1.807, 2.05) is 20.8 Å². The largest absolute Gasteiger partial charge is 0.335 e. The van der Waals surface area contributed by atoms with E-state index in [0.29, 0.717) is 18.4 Å². The van der Waals surface area contributed by atoms with Gasteiger partial charge in [0.15, 0.2) is 0 Å². The highest BCUT2D eigenvalue weighted by Crippen LogP contribution is 2.39. The molecule has 26 heavy (non-hydrogen) atoms. The molecular formula is C20H37N3O3. The standard InChI is InChI=1S/C20H37N3O3/c1-19(2,3)18(25)23(14-8-10-20(4,5)11-9-14)15-12-16(21-13-15)17(24)22(6)26-7/h14-16,21H,8-13H2,1-7H3/t15-,16+/m0/s1. The van der Waals surface area contributed by atoms with E-state index in [0.717, 1.165) is 25.7 Å². The van der Waals surface area contributed by atoms with Crippen molar-refractivity contribution in [2.75, 3.05) is 20.7 Å². The van der Waals surface area contributed by atoms with Gasteiger partial charge in [-0.3, -0.25) is 14.4 Å². The van der Waals surface area contributed by atoms with Crippen molar-refractivity contribution >= 4 is 11.8 Å². The van der Waals surface area contributed by atoms with Crippen LogP contribution >= 0.6 is 0 Å². The molecule has 1 heterocycles. The van der Waals surface area contributed by atoms with Crippen molar-refractivity contribution in [2.45, 2.75) is 84.8 Å². The summed E-state index contributed by atoms with van der Waals surface area (Å²) < 4.78 is 0. The number of nitrogens with one attached hydrogen (secondary N) is 1. The number of carbonyl (C=O) groups is 2. The number of rotatable bonds is 4. The SMILES string of the molecule is CON(C)C(=O)[C@H]1C[C@H](N(C(=O)C(C)(C)C)C2CCC(C)(C)CC2)CN1. The number of carbonyl (C=O) groups excluding carboxylic acids is 2. The first-order valence-corrected chi connectivity index (χ1v) is 9.84. The molecule has 2 amide bonds. The minimum atomic E-state index is -0.418. The molecule has 0 aromatic carbocycles. The number of amides is 2. The molecule has 2 atom stereocenters. The highest BCUT2D eigenvalue weighted by molar-refractivity contribution is 5.83. The molecule has 0 radical (unpaired) electrons. The first-order valence-electron chi connectivity index (χ1n) is 9.84. The normalized spacial score (nSPS) is 26.6. The number of hydrogen-bond donors (Lipinski definition) is 1. The van der Waals surface area contributed by atoms with Crippen LogP contribution in [0.3, 0.4) is 0 Å². The van der Waals surface area contributed by atoms with Crippen LogP contribution in [0.5, 0.6) is 0 Å². The molecular weight excluding hydrogens is 330 g/mol. The van der Waals surface area contributed by atoms with Crippen LogP contribution in [0.1, 0.15) is 66.7 Å². The van der Waals surface area contributed by atoms with Crippen LogP contribution in [-0.4, -0.2) is 60.6 Å². The fourth-order valence-corrected chi connectivity index (χ4v) is 4.11. The lowest BCUT2D eigenvalue weighted by Gasteiger charge is -2.45. The maximum absolute atomic E-state index is 13.3. The maximum Gasteiger partial charge on any atom is 0.263 e. The second kappa shape index (κ2) is 7.85. The summed E-state index contributed by atoms with van der Waals surface area (Å²) in [7, 11) is 3.11. The molecule has 2 rings (SSSR count). The molecule has 0 aromatic heterocycles. The number of hydroxylamine groups is 2. The number of nitrogens with zero attached hydrogens (tertiary/aromatic N) is 2. The predicted octanol–water partition coefficient (Wildman–Crippen LogP) is 2.58. The Hall–Kier alpha value is -1.14. The highest BCUT2D eigenvalue weighted by atomic mass is 16.7. The van der Waals surface area contributed by atoms with Crippen LogP contribution in [0.4, 0.5) is 0 Å². The second-order valence-electron chi connectivity index (χ2n) is 9.73. The Bertz CT molecular complexity index is 517. The van der Waals surface area contributed by atoms with Gasteiger partial charge in [-0.1, -0.05) is 34.6 Å². The van der Waals surface area contributed by atoms with E-state index in [1.165, 1.54) is 12.2 Å². The average molecular weight is 368 g/mol. The van der Waals surface area contributed by atoms with Crippen molar-refractivity contribution in [3.8, 4) is 0 Å². The highest BCUT2D eigenvalue weighted by Gasteiger charge is 2.43. The molecule has 6 heteroatoms. The monoisotopic (exact) mass is 367 g/mol. The first-order chi connectivity index (χ1) is 12.0. The van der Waals surface area contributed by atoms with Gasteiger partial charge in [-0.2, -0.15) is 0 Å². The first kappa shape index (κ1) is 21.2. The summed E-state index contributed by atoms with van der Waals surface area (Å²) in [6.07, 6.45) is 5.01. The van der Waals surface area contributed by atoms with Gasteiger partial charge in [-0.15, -0.1) is 0 Å². The zero-order chi connectivity index (χ0) is 19.7. The summed E-state index contributed by atoms with van der Waals surface area (Å²) in [6.45, 7) is 11.2. The Morgan fingerprint density at radius 3 is 2.19 bits per heavy atom. The molecule has 1 N–H and O–H groups in total. The van der Waals surface area contributed by atoms with Gasteiger partial charge in [0.1, 0.15) is 0 Å². The topological polar surface area (TPSA) is 61.9 Å². The predicted molar refractivity (Wildman–Crippen MR) is 102 cm³/mol. The Balaban J connectivity index is 2.15. The van der Waals surface area contributed by atoms with Gasteiger partial charge in [0, 0.05) is 31.1 Å². The second-order valence-corrected chi connectivity index (χ2v) is 9.73. The summed E-state index contributed by atoms with van der Waals surface area (Å²) in [6, 6.07) is 0.0444. The molecule has 0 spiro atoms. The van der Waals surface area contributed by atoms with E-state index in [4.69, 9.17) is 4.84 Å². The fraction of sp³-hybridized carbons (Fsp3) is 0.900. The van der Waals surface area contributed by atoms with E-state index in [2.05, 4.69) is 24.1 Å². The van der Waals surface area contributed by atoms with Crippen LogP contribution in [0, 0.1) is 10.8 Å². The fourth-order valence-electron chi connectivity index (χ4n) is 4.11. The van der Waals surface area contributed by atoms with E-state index in [1.54, 1.807) is 7.05 Å². The molecule has 0 unspecified atom stereocenters. The summed E-state index contributed by atoms with van der Waals surface area (Å²) in [5.41, 5.74) is -0.0566. The van der Waals surface area contributed by atoms with Gasteiger partial charge < -0.3 is 10.2 Å². The van der Waals surface area contributed by atoms with E-state index in [9.17, 15) is 9.59 Å².